The minimum Gasteiger partial charge on any atom is -0.339 e. The summed E-state index contributed by atoms with van der Waals surface area (Å²) in [7, 11) is 0. The fourth-order valence-corrected chi connectivity index (χ4v) is 3.95. The summed E-state index contributed by atoms with van der Waals surface area (Å²) >= 11 is 1.41. The van der Waals surface area contributed by atoms with E-state index in [1.807, 2.05) is 52.7 Å². The maximum Gasteiger partial charge on any atom is 0.254 e. The average Bonchev–Trinajstić information content (AvgIpc) is 3.20. The van der Waals surface area contributed by atoms with E-state index in [1.165, 1.54) is 11.3 Å². The zero-order chi connectivity index (χ0) is 17.9. The van der Waals surface area contributed by atoms with Gasteiger partial charge in [-0.05, 0) is 29.7 Å². The van der Waals surface area contributed by atoms with Gasteiger partial charge in [0, 0.05) is 36.1 Å². The van der Waals surface area contributed by atoms with Crippen LogP contribution in [-0.2, 0) is 4.79 Å². The van der Waals surface area contributed by atoms with Gasteiger partial charge in [-0.15, -0.1) is 11.3 Å². The second-order valence-corrected chi connectivity index (χ2v) is 7.31. The molecule has 2 amide bonds. The molecule has 0 saturated carbocycles. The maximum atomic E-state index is 13.0. The van der Waals surface area contributed by atoms with E-state index in [0.29, 0.717) is 31.1 Å². The number of anilines is 1. The second kappa shape index (κ2) is 7.25. The molecule has 2 heterocycles. The van der Waals surface area contributed by atoms with Crippen LogP contribution in [0.25, 0.3) is 10.8 Å². The SMILES string of the molecule is O=C(Nc1nccs1)C1CCN(C(=O)c2cccc3ccccc23)CC1. The summed E-state index contributed by atoms with van der Waals surface area (Å²) in [5.41, 5.74) is 0.730. The van der Waals surface area contributed by atoms with Gasteiger partial charge < -0.3 is 10.2 Å². The first-order valence-electron chi connectivity index (χ1n) is 8.70. The minimum atomic E-state index is -0.0736. The number of hydrogen-bond acceptors (Lipinski definition) is 4. The summed E-state index contributed by atoms with van der Waals surface area (Å²) in [5.74, 6) is -0.0340. The van der Waals surface area contributed by atoms with E-state index in [9.17, 15) is 9.59 Å². The topological polar surface area (TPSA) is 62.3 Å². The van der Waals surface area contributed by atoms with Crippen molar-refractivity contribution >= 4 is 39.1 Å². The van der Waals surface area contributed by atoms with Crippen molar-refractivity contribution in [1.82, 2.24) is 9.88 Å². The molecule has 0 aliphatic carbocycles. The Balaban J connectivity index is 1.42. The largest absolute Gasteiger partial charge is 0.339 e. The van der Waals surface area contributed by atoms with E-state index in [-0.39, 0.29) is 17.7 Å². The van der Waals surface area contributed by atoms with Crippen LogP contribution in [0.5, 0.6) is 0 Å². The standard InChI is InChI=1S/C20H19N3O2S/c24-18(22-20-21-10-13-26-20)15-8-11-23(12-9-15)19(25)17-7-3-5-14-4-1-2-6-16(14)17/h1-7,10,13,15H,8-9,11-12H2,(H,21,22,24). The van der Waals surface area contributed by atoms with Gasteiger partial charge in [0.2, 0.25) is 5.91 Å². The van der Waals surface area contributed by atoms with Crippen molar-refractivity contribution in [3.63, 3.8) is 0 Å². The van der Waals surface area contributed by atoms with Crippen LogP contribution in [0, 0.1) is 5.92 Å². The fourth-order valence-electron chi connectivity index (χ4n) is 3.42. The third kappa shape index (κ3) is 3.32. The Morgan fingerprint density at radius 3 is 2.62 bits per heavy atom. The molecule has 0 spiro atoms. The summed E-state index contributed by atoms with van der Waals surface area (Å²) in [6.45, 7) is 1.19. The highest BCUT2D eigenvalue weighted by Gasteiger charge is 2.28. The highest BCUT2D eigenvalue weighted by molar-refractivity contribution is 7.13. The molecule has 132 valence electrons. The van der Waals surface area contributed by atoms with Crippen LogP contribution >= 0.6 is 11.3 Å². The molecular weight excluding hydrogens is 346 g/mol. The number of carbonyl (C=O) groups is 2. The van der Waals surface area contributed by atoms with Gasteiger partial charge in [-0.2, -0.15) is 0 Å². The minimum absolute atomic E-state index is 0.00258. The Hall–Kier alpha value is -2.73. The normalized spacial score (nSPS) is 15.2. The number of fused-ring (bicyclic) bond motifs is 1. The number of amides is 2. The van der Waals surface area contributed by atoms with E-state index in [4.69, 9.17) is 0 Å². The number of nitrogens with zero attached hydrogens (tertiary/aromatic N) is 2. The molecule has 5 nitrogen and oxygen atoms in total. The van der Waals surface area contributed by atoms with Gasteiger partial charge in [-0.1, -0.05) is 36.4 Å². The zero-order valence-corrected chi connectivity index (χ0v) is 15.0. The molecule has 1 aromatic heterocycles. The first kappa shape index (κ1) is 16.7. The molecule has 1 N–H and O–H groups in total. The first-order valence-corrected chi connectivity index (χ1v) is 9.58. The Kier molecular flexibility index (Phi) is 4.67. The molecule has 2 aromatic carbocycles. The van der Waals surface area contributed by atoms with Gasteiger partial charge in [0.1, 0.15) is 0 Å². The zero-order valence-electron chi connectivity index (χ0n) is 14.2. The number of likely N-dealkylation sites (tertiary alicyclic amines) is 1. The summed E-state index contributed by atoms with van der Waals surface area (Å²) in [6, 6.07) is 13.7. The Morgan fingerprint density at radius 1 is 1.08 bits per heavy atom. The quantitative estimate of drug-likeness (QED) is 0.768. The number of benzene rings is 2. The number of nitrogens with one attached hydrogen (secondary N) is 1. The summed E-state index contributed by atoms with van der Waals surface area (Å²) in [4.78, 5) is 31.2. The Bertz CT molecular complexity index is 926. The van der Waals surface area contributed by atoms with Crippen molar-refractivity contribution < 1.29 is 9.59 Å². The van der Waals surface area contributed by atoms with E-state index in [0.717, 1.165) is 16.3 Å². The molecule has 1 aliphatic heterocycles. The van der Waals surface area contributed by atoms with E-state index in [2.05, 4.69) is 10.3 Å². The fraction of sp³-hybridized carbons (Fsp3) is 0.250. The van der Waals surface area contributed by atoms with Crippen molar-refractivity contribution in [2.24, 2.45) is 5.92 Å². The van der Waals surface area contributed by atoms with E-state index < -0.39 is 0 Å². The highest BCUT2D eigenvalue weighted by atomic mass is 32.1. The number of aromatic nitrogens is 1. The van der Waals surface area contributed by atoms with Gasteiger partial charge in [0.05, 0.1) is 0 Å². The van der Waals surface area contributed by atoms with Crippen LogP contribution in [-0.4, -0.2) is 34.8 Å². The Labute approximate surface area is 155 Å². The van der Waals surface area contributed by atoms with E-state index >= 15 is 0 Å². The lowest BCUT2D eigenvalue weighted by Crippen LogP contribution is -2.41. The third-order valence-corrected chi connectivity index (χ3v) is 5.52. The molecule has 0 unspecified atom stereocenters. The molecule has 0 bridgehead atoms. The molecule has 0 atom stereocenters. The lowest BCUT2D eigenvalue weighted by molar-refractivity contribution is -0.121. The monoisotopic (exact) mass is 365 g/mol. The predicted molar refractivity (Wildman–Crippen MR) is 103 cm³/mol. The number of thiazole rings is 1. The predicted octanol–water partition coefficient (Wildman–Crippen LogP) is 3.79. The van der Waals surface area contributed by atoms with Gasteiger partial charge >= 0.3 is 0 Å². The van der Waals surface area contributed by atoms with Gasteiger partial charge in [-0.25, -0.2) is 4.98 Å². The van der Waals surface area contributed by atoms with Crippen molar-refractivity contribution in [3.8, 4) is 0 Å². The van der Waals surface area contributed by atoms with Crippen molar-refractivity contribution in [2.45, 2.75) is 12.8 Å². The van der Waals surface area contributed by atoms with E-state index in [1.54, 1.807) is 6.20 Å². The molecule has 1 saturated heterocycles. The lowest BCUT2D eigenvalue weighted by Gasteiger charge is -2.31. The van der Waals surface area contributed by atoms with Crippen molar-refractivity contribution in [1.29, 1.82) is 0 Å². The molecule has 26 heavy (non-hydrogen) atoms. The summed E-state index contributed by atoms with van der Waals surface area (Å²) in [6.07, 6.45) is 3.02. The lowest BCUT2D eigenvalue weighted by atomic mass is 9.95. The number of piperidine rings is 1. The van der Waals surface area contributed by atoms with Crippen LogP contribution in [0.2, 0.25) is 0 Å². The molecular formula is C20H19N3O2S. The molecule has 0 radical (unpaired) electrons. The molecule has 1 aliphatic rings. The Morgan fingerprint density at radius 2 is 1.85 bits per heavy atom. The van der Waals surface area contributed by atoms with Crippen LogP contribution in [0.4, 0.5) is 5.13 Å². The van der Waals surface area contributed by atoms with Gasteiger partial charge in [-0.3, -0.25) is 9.59 Å². The average molecular weight is 365 g/mol. The van der Waals surface area contributed by atoms with Crippen LogP contribution in [0.3, 0.4) is 0 Å². The smallest absolute Gasteiger partial charge is 0.254 e. The summed E-state index contributed by atoms with van der Waals surface area (Å²) < 4.78 is 0. The van der Waals surface area contributed by atoms with Crippen LogP contribution in [0.1, 0.15) is 23.2 Å². The van der Waals surface area contributed by atoms with Gasteiger partial charge in [0.25, 0.3) is 5.91 Å². The van der Waals surface area contributed by atoms with Crippen molar-refractivity contribution in [2.75, 3.05) is 18.4 Å². The number of hydrogen-bond donors (Lipinski definition) is 1. The number of rotatable bonds is 3. The van der Waals surface area contributed by atoms with Crippen molar-refractivity contribution in [3.05, 3.63) is 59.6 Å². The first-order chi connectivity index (χ1) is 12.7. The highest BCUT2D eigenvalue weighted by Crippen LogP contribution is 2.24. The molecule has 1 fully saturated rings. The third-order valence-electron chi connectivity index (χ3n) is 4.84. The molecule has 4 rings (SSSR count). The molecule has 6 heteroatoms. The molecule has 3 aromatic rings. The van der Waals surface area contributed by atoms with Crippen LogP contribution in [0.15, 0.2) is 54.0 Å². The second-order valence-electron chi connectivity index (χ2n) is 6.42. The number of carbonyl (C=O) groups excluding carboxylic acids is 2. The maximum absolute atomic E-state index is 13.0. The van der Waals surface area contributed by atoms with Crippen LogP contribution < -0.4 is 5.32 Å². The van der Waals surface area contributed by atoms with Gasteiger partial charge in [0.15, 0.2) is 5.13 Å². The summed E-state index contributed by atoms with van der Waals surface area (Å²) in [5, 5.41) is 7.36.